The van der Waals surface area contributed by atoms with E-state index in [-0.39, 0.29) is 0 Å². The van der Waals surface area contributed by atoms with Crippen molar-refractivity contribution in [3.05, 3.63) is 0 Å². The van der Waals surface area contributed by atoms with Crippen molar-refractivity contribution in [1.82, 2.24) is 10.2 Å². The normalized spacial score (nSPS) is 43.4. The highest BCUT2D eigenvalue weighted by Crippen LogP contribution is 2.34. The van der Waals surface area contributed by atoms with Crippen LogP contribution in [0.5, 0.6) is 0 Å². The lowest BCUT2D eigenvalue weighted by Gasteiger charge is -2.30. The molecule has 3 heterocycles. The molecule has 3 rings (SSSR count). The highest BCUT2D eigenvalue weighted by atomic mass is 16.2. The lowest BCUT2D eigenvalue weighted by Crippen LogP contribution is -2.41. The first kappa shape index (κ1) is 12.5. The zero-order valence-corrected chi connectivity index (χ0v) is 11.7. The molecular formula is C15H26N2O. The summed E-state index contributed by atoms with van der Waals surface area (Å²) in [7, 11) is 0. The summed E-state index contributed by atoms with van der Waals surface area (Å²) in [5.41, 5.74) is 0. The van der Waals surface area contributed by atoms with Crippen LogP contribution in [0.4, 0.5) is 0 Å². The van der Waals surface area contributed by atoms with Gasteiger partial charge in [-0.25, -0.2) is 0 Å². The number of piperidine rings is 1. The fraction of sp³-hybridized carbons (Fsp3) is 0.933. The Morgan fingerprint density at radius 2 is 1.83 bits per heavy atom. The van der Waals surface area contributed by atoms with Crippen LogP contribution in [0.15, 0.2) is 0 Å². The SMILES string of the molecule is CC1CC(C)N(C(=O)CC2CC3CCC(C2)N3)C1. The summed E-state index contributed by atoms with van der Waals surface area (Å²) in [4.78, 5) is 14.5. The number of nitrogens with zero attached hydrogens (tertiary/aromatic N) is 1. The van der Waals surface area contributed by atoms with Gasteiger partial charge in [0.05, 0.1) is 0 Å². The van der Waals surface area contributed by atoms with E-state index in [1.807, 2.05) is 0 Å². The number of amides is 1. The first-order valence-corrected chi connectivity index (χ1v) is 7.67. The Balaban J connectivity index is 1.55. The van der Waals surface area contributed by atoms with E-state index in [4.69, 9.17) is 0 Å². The molecule has 3 fully saturated rings. The summed E-state index contributed by atoms with van der Waals surface area (Å²) in [6, 6.07) is 1.87. The molecule has 4 atom stereocenters. The van der Waals surface area contributed by atoms with Crippen LogP contribution in [0, 0.1) is 11.8 Å². The maximum Gasteiger partial charge on any atom is 0.223 e. The lowest BCUT2D eigenvalue weighted by atomic mass is 9.89. The van der Waals surface area contributed by atoms with Gasteiger partial charge in [-0.3, -0.25) is 4.79 Å². The van der Waals surface area contributed by atoms with Gasteiger partial charge in [0.1, 0.15) is 0 Å². The number of rotatable bonds is 2. The third-order valence-electron chi connectivity index (χ3n) is 5.14. The highest BCUT2D eigenvalue weighted by molar-refractivity contribution is 5.77. The lowest BCUT2D eigenvalue weighted by molar-refractivity contribution is -0.133. The van der Waals surface area contributed by atoms with Crippen LogP contribution in [0.3, 0.4) is 0 Å². The zero-order chi connectivity index (χ0) is 12.7. The number of carbonyl (C=O) groups excluding carboxylic acids is 1. The molecule has 2 bridgehead atoms. The number of fused-ring (bicyclic) bond motifs is 2. The summed E-state index contributed by atoms with van der Waals surface area (Å²) in [6.07, 6.45) is 7.08. The van der Waals surface area contributed by atoms with E-state index in [2.05, 4.69) is 24.1 Å². The average molecular weight is 250 g/mol. The molecular weight excluding hydrogens is 224 g/mol. The maximum atomic E-state index is 12.4. The van der Waals surface area contributed by atoms with E-state index in [0.29, 0.717) is 35.9 Å². The number of carbonyl (C=O) groups is 1. The van der Waals surface area contributed by atoms with E-state index in [0.717, 1.165) is 13.0 Å². The van der Waals surface area contributed by atoms with Crippen molar-refractivity contribution < 1.29 is 4.79 Å². The molecule has 3 saturated heterocycles. The summed E-state index contributed by atoms with van der Waals surface area (Å²) in [5.74, 6) is 1.74. The van der Waals surface area contributed by atoms with Crippen molar-refractivity contribution in [3.8, 4) is 0 Å². The largest absolute Gasteiger partial charge is 0.340 e. The fourth-order valence-electron chi connectivity index (χ4n) is 4.35. The minimum Gasteiger partial charge on any atom is -0.340 e. The molecule has 4 unspecified atom stereocenters. The minimum absolute atomic E-state index is 0.415. The van der Waals surface area contributed by atoms with E-state index in [9.17, 15) is 4.79 Å². The molecule has 1 N–H and O–H groups in total. The van der Waals surface area contributed by atoms with Gasteiger partial charge in [-0.1, -0.05) is 6.92 Å². The quantitative estimate of drug-likeness (QED) is 0.814. The molecule has 0 aromatic carbocycles. The monoisotopic (exact) mass is 250 g/mol. The molecule has 3 heteroatoms. The summed E-state index contributed by atoms with van der Waals surface area (Å²) < 4.78 is 0. The fourth-order valence-corrected chi connectivity index (χ4v) is 4.35. The van der Waals surface area contributed by atoms with Gasteiger partial charge >= 0.3 is 0 Å². The van der Waals surface area contributed by atoms with Gasteiger partial charge < -0.3 is 10.2 Å². The topological polar surface area (TPSA) is 32.3 Å². The Kier molecular flexibility index (Phi) is 3.35. The van der Waals surface area contributed by atoms with Crippen LogP contribution in [0.2, 0.25) is 0 Å². The summed E-state index contributed by atoms with van der Waals surface area (Å²) >= 11 is 0. The number of nitrogens with one attached hydrogen (secondary N) is 1. The van der Waals surface area contributed by atoms with Crippen molar-refractivity contribution in [2.24, 2.45) is 11.8 Å². The minimum atomic E-state index is 0.415. The molecule has 18 heavy (non-hydrogen) atoms. The van der Waals surface area contributed by atoms with Crippen molar-refractivity contribution in [2.75, 3.05) is 6.54 Å². The van der Waals surface area contributed by atoms with Crippen LogP contribution in [0.25, 0.3) is 0 Å². The molecule has 0 aromatic rings. The van der Waals surface area contributed by atoms with Gasteiger partial charge in [0, 0.05) is 31.1 Å². The molecule has 3 aliphatic rings. The summed E-state index contributed by atoms with van der Waals surface area (Å²) in [6.45, 7) is 5.44. The van der Waals surface area contributed by atoms with Gasteiger partial charge in [-0.2, -0.15) is 0 Å². The average Bonchev–Trinajstić information content (AvgIpc) is 2.81. The van der Waals surface area contributed by atoms with Gasteiger partial charge in [0.2, 0.25) is 5.91 Å². The number of hydrogen-bond acceptors (Lipinski definition) is 2. The van der Waals surface area contributed by atoms with Gasteiger partial charge in [-0.15, -0.1) is 0 Å². The molecule has 0 saturated carbocycles. The standard InChI is InChI=1S/C15H26N2O/c1-10-5-11(2)17(9-10)15(18)8-12-6-13-3-4-14(7-12)16-13/h10-14,16H,3-9H2,1-2H3. The predicted molar refractivity (Wildman–Crippen MR) is 72.2 cm³/mol. The summed E-state index contributed by atoms with van der Waals surface area (Å²) in [5, 5.41) is 3.65. The number of hydrogen-bond donors (Lipinski definition) is 1. The first-order valence-electron chi connectivity index (χ1n) is 7.67. The molecule has 0 radical (unpaired) electrons. The molecule has 3 nitrogen and oxygen atoms in total. The second kappa shape index (κ2) is 4.84. The Morgan fingerprint density at radius 3 is 2.39 bits per heavy atom. The molecule has 0 spiro atoms. The van der Waals surface area contributed by atoms with Gasteiger partial charge in [0.25, 0.3) is 0 Å². The van der Waals surface area contributed by atoms with Crippen LogP contribution >= 0.6 is 0 Å². The van der Waals surface area contributed by atoms with Gasteiger partial charge in [0.15, 0.2) is 0 Å². The van der Waals surface area contributed by atoms with Crippen molar-refractivity contribution in [1.29, 1.82) is 0 Å². The van der Waals surface area contributed by atoms with Crippen LogP contribution in [0.1, 0.15) is 52.4 Å². The van der Waals surface area contributed by atoms with E-state index in [1.165, 1.54) is 32.1 Å². The predicted octanol–water partition coefficient (Wildman–Crippen LogP) is 2.16. The molecule has 1 amide bonds. The van der Waals surface area contributed by atoms with Gasteiger partial charge in [-0.05, 0) is 50.9 Å². The highest BCUT2D eigenvalue weighted by Gasteiger charge is 2.36. The van der Waals surface area contributed by atoms with Crippen molar-refractivity contribution >= 4 is 5.91 Å². The van der Waals surface area contributed by atoms with E-state index >= 15 is 0 Å². The first-order chi connectivity index (χ1) is 8.61. The molecule has 0 aromatic heterocycles. The maximum absolute atomic E-state index is 12.4. The Hall–Kier alpha value is -0.570. The van der Waals surface area contributed by atoms with Crippen molar-refractivity contribution in [3.63, 3.8) is 0 Å². The van der Waals surface area contributed by atoms with E-state index in [1.54, 1.807) is 0 Å². The van der Waals surface area contributed by atoms with Crippen molar-refractivity contribution in [2.45, 2.75) is 70.5 Å². The van der Waals surface area contributed by atoms with Crippen LogP contribution in [-0.2, 0) is 4.79 Å². The second-order valence-electron chi connectivity index (χ2n) is 6.92. The Bertz CT molecular complexity index is 318. The Labute approximate surface area is 110 Å². The second-order valence-corrected chi connectivity index (χ2v) is 6.92. The molecule has 102 valence electrons. The van der Waals surface area contributed by atoms with Crippen LogP contribution in [-0.4, -0.2) is 35.5 Å². The number of likely N-dealkylation sites (tertiary alicyclic amines) is 1. The third-order valence-corrected chi connectivity index (χ3v) is 5.14. The zero-order valence-electron chi connectivity index (χ0n) is 11.7. The van der Waals surface area contributed by atoms with Crippen LogP contribution < -0.4 is 5.32 Å². The smallest absolute Gasteiger partial charge is 0.223 e. The molecule has 0 aliphatic carbocycles. The van der Waals surface area contributed by atoms with E-state index < -0.39 is 0 Å². The Morgan fingerprint density at radius 1 is 1.17 bits per heavy atom. The third kappa shape index (κ3) is 2.42. The molecule has 3 aliphatic heterocycles.